The van der Waals surface area contributed by atoms with Crippen LogP contribution in [-0.2, 0) is 6.18 Å². The van der Waals surface area contributed by atoms with E-state index >= 15 is 0 Å². The van der Waals surface area contributed by atoms with Gasteiger partial charge in [-0.15, -0.1) is 11.3 Å². The third kappa shape index (κ3) is 3.31. The Bertz CT molecular complexity index is 361. The molecule has 0 spiro atoms. The fourth-order valence-corrected chi connectivity index (χ4v) is 1.54. The number of alkyl halides is 4. The first-order valence-electron chi connectivity index (χ1n) is 3.61. The van der Waals surface area contributed by atoms with E-state index in [1.54, 1.807) is 0 Å². The zero-order chi connectivity index (χ0) is 10.6. The number of hydrogen-bond donors (Lipinski definition) is 0. The van der Waals surface area contributed by atoms with E-state index in [4.69, 9.17) is 0 Å². The normalized spacial score (nSPS) is 10.9. The molecular weight excluding hydrogens is 279 g/mol. The smallest absolute Gasteiger partial charge is 0.223 e. The molecule has 0 aromatic carbocycles. The van der Waals surface area contributed by atoms with Crippen LogP contribution in [0.4, 0.5) is 13.2 Å². The maximum absolute atomic E-state index is 12.1. The monoisotopic (exact) mass is 283 g/mol. The lowest BCUT2D eigenvalue weighted by atomic mass is 10.4. The molecule has 1 rings (SSSR count). The highest BCUT2D eigenvalue weighted by molar-refractivity contribution is 9.09. The maximum atomic E-state index is 12.1. The lowest BCUT2D eigenvalue weighted by Crippen LogP contribution is -2.04. The topological polar surface area (TPSA) is 12.9 Å². The van der Waals surface area contributed by atoms with Crippen molar-refractivity contribution >= 4 is 27.3 Å². The Morgan fingerprint density at radius 1 is 1.50 bits per heavy atom. The molecule has 0 saturated carbocycles. The van der Waals surface area contributed by atoms with E-state index in [0.717, 1.165) is 16.7 Å². The minimum atomic E-state index is -4.37. The van der Waals surface area contributed by atoms with E-state index in [9.17, 15) is 13.2 Å². The molecule has 6 heteroatoms. The Labute approximate surface area is 91.5 Å². The number of halogens is 4. The summed E-state index contributed by atoms with van der Waals surface area (Å²) in [5.74, 6) is 5.27. The van der Waals surface area contributed by atoms with Crippen LogP contribution in [0.15, 0.2) is 5.38 Å². The zero-order valence-corrected chi connectivity index (χ0v) is 9.26. The van der Waals surface area contributed by atoms with E-state index in [0.29, 0.717) is 11.8 Å². The van der Waals surface area contributed by atoms with Gasteiger partial charge in [-0.3, -0.25) is 0 Å². The minimum absolute atomic E-state index is 0.207. The quantitative estimate of drug-likeness (QED) is 0.569. The Balaban J connectivity index is 2.75. The Morgan fingerprint density at radius 2 is 2.21 bits per heavy atom. The van der Waals surface area contributed by atoms with Gasteiger partial charge in [0.25, 0.3) is 0 Å². The molecular formula is C8H5BrF3NS. The summed E-state index contributed by atoms with van der Waals surface area (Å²) < 4.78 is 36.2. The van der Waals surface area contributed by atoms with Crippen molar-refractivity contribution in [3.63, 3.8) is 0 Å². The van der Waals surface area contributed by atoms with E-state index in [-0.39, 0.29) is 5.01 Å². The van der Waals surface area contributed by atoms with Gasteiger partial charge in [-0.1, -0.05) is 21.9 Å². The second-order valence-corrected chi connectivity index (χ2v) is 3.93. The van der Waals surface area contributed by atoms with Gasteiger partial charge in [0.15, 0.2) is 10.7 Å². The molecule has 0 amide bonds. The zero-order valence-electron chi connectivity index (χ0n) is 6.86. The summed E-state index contributed by atoms with van der Waals surface area (Å²) in [4.78, 5) is 3.36. The molecule has 0 unspecified atom stereocenters. The molecule has 0 bridgehead atoms. The van der Waals surface area contributed by atoms with Crippen LogP contribution < -0.4 is 0 Å². The molecule has 0 aliphatic rings. The lowest BCUT2D eigenvalue weighted by molar-refractivity contribution is -0.140. The predicted octanol–water partition coefficient (Wildman–Crippen LogP) is 3.30. The summed E-state index contributed by atoms with van der Waals surface area (Å²) in [6, 6.07) is 0. The average molecular weight is 284 g/mol. The van der Waals surface area contributed by atoms with Gasteiger partial charge in [0.2, 0.25) is 0 Å². The maximum Gasteiger partial charge on any atom is 0.434 e. The number of aromatic nitrogens is 1. The molecule has 0 N–H and O–H groups in total. The van der Waals surface area contributed by atoms with Crippen LogP contribution >= 0.6 is 27.3 Å². The highest BCUT2D eigenvalue weighted by atomic mass is 79.9. The van der Waals surface area contributed by atoms with E-state index < -0.39 is 11.9 Å². The summed E-state index contributed by atoms with van der Waals surface area (Å²) >= 11 is 4.07. The number of thiazole rings is 1. The number of nitrogens with zero attached hydrogens (tertiary/aromatic N) is 1. The number of hydrogen-bond acceptors (Lipinski definition) is 2. The lowest BCUT2D eigenvalue weighted by Gasteiger charge is -1.98. The van der Waals surface area contributed by atoms with Crippen molar-refractivity contribution < 1.29 is 13.2 Å². The molecule has 1 aromatic heterocycles. The Morgan fingerprint density at radius 3 is 2.71 bits per heavy atom. The summed E-state index contributed by atoms with van der Waals surface area (Å²) in [7, 11) is 0. The van der Waals surface area contributed by atoms with Crippen LogP contribution in [-0.4, -0.2) is 10.3 Å². The van der Waals surface area contributed by atoms with Gasteiger partial charge >= 0.3 is 6.18 Å². The second-order valence-electron chi connectivity index (χ2n) is 2.28. The molecule has 0 radical (unpaired) electrons. The summed E-state index contributed by atoms with van der Waals surface area (Å²) in [6.45, 7) is 0. The van der Waals surface area contributed by atoms with Crippen molar-refractivity contribution in [2.24, 2.45) is 0 Å². The molecule has 1 heterocycles. The molecule has 1 aromatic rings. The molecule has 1 nitrogen and oxygen atoms in total. The SMILES string of the molecule is FC(F)(F)c1csc(C#CCCBr)n1. The van der Waals surface area contributed by atoms with Gasteiger partial charge in [-0.25, -0.2) is 4.98 Å². The molecule has 14 heavy (non-hydrogen) atoms. The minimum Gasteiger partial charge on any atom is -0.223 e. The largest absolute Gasteiger partial charge is 0.434 e. The third-order valence-corrected chi connectivity index (χ3v) is 2.36. The van der Waals surface area contributed by atoms with Gasteiger partial charge in [0.1, 0.15) is 0 Å². The summed E-state index contributed by atoms with van der Waals surface area (Å²) in [5.41, 5.74) is -0.870. The van der Waals surface area contributed by atoms with Crippen molar-refractivity contribution in [3.05, 3.63) is 16.1 Å². The first-order chi connectivity index (χ1) is 6.54. The van der Waals surface area contributed by atoms with Gasteiger partial charge in [-0.05, 0) is 5.92 Å². The van der Waals surface area contributed by atoms with Crippen molar-refractivity contribution in [1.29, 1.82) is 0 Å². The van der Waals surface area contributed by atoms with Gasteiger partial charge in [0.05, 0.1) is 0 Å². The highest BCUT2D eigenvalue weighted by Gasteiger charge is 2.33. The van der Waals surface area contributed by atoms with E-state index in [1.807, 2.05) is 0 Å². The van der Waals surface area contributed by atoms with Crippen LogP contribution in [0.5, 0.6) is 0 Å². The standard InChI is InChI=1S/C8H5BrF3NS/c9-4-2-1-3-7-13-6(5-14-7)8(10,11)12/h5H,2,4H2. The molecule has 0 fully saturated rings. The first-order valence-corrected chi connectivity index (χ1v) is 5.61. The van der Waals surface area contributed by atoms with Crippen LogP contribution in [0.25, 0.3) is 0 Å². The highest BCUT2D eigenvalue weighted by Crippen LogP contribution is 2.29. The average Bonchev–Trinajstić information content (AvgIpc) is 2.52. The molecule has 0 atom stereocenters. The van der Waals surface area contributed by atoms with Gasteiger partial charge in [0, 0.05) is 17.1 Å². The van der Waals surface area contributed by atoms with E-state index in [1.165, 1.54) is 0 Å². The second kappa shape index (κ2) is 4.80. The van der Waals surface area contributed by atoms with Crippen LogP contribution in [0.3, 0.4) is 0 Å². The summed E-state index contributed by atoms with van der Waals surface area (Å²) in [5, 5.41) is 1.88. The fraction of sp³-hybridized carbons (Fsp3) is 0.375. The molecule has 0 aliphatic heterocycles. The van der Waals surface area contributed by atoms with E-state index in [2.05, 4.69) is 32.8 Å². The fourth-order valence-electron chi connectivity index (χ4n) is 0.647. The molecule has 76 valence electrons. The third-order valence-electron chi connectivity index (χ3n) is 1.21. The van der Waals surface area contributed by atoms with Crippen molar-refractivity contribution in [3.8, 4) is 11.8 Å². The number of rotatable bonds is 1. The predicted molar refractivity (Wildman–Crippen MR) is 52.4 cm³/mol. The molecule has 0 saturated heterocycles. The van der Waals surface area contributed by atoms with Crippen LogP contribution in [0, 0.1) is 11.8 Å². The van der Waals surface area contributed by atoms with Crippen molar-refractivity contribution in [1.82, 2.24) is 4.98 Å². The Hall–Kier alpha value is -0.540. The first kappa shape index (κ1) is 11.5. The van der Waals surface area contributed by atoms with Crippen molar-refractivity contribution in [2.75, 3.05) is 5.33 Å². The summed E-state index contributed by atoms with van der Waals surface area (Å²) in [6.07, 6.45) is -3.77. The van der Waals surface area contributed by atoms with Crippen LogP contribution in [0.2, 0.25) is 0 Å². The Kier molecular flexibility index (Phi) is 3.96. The van der Waals surface area contributed by atoms with Gasteiger partial charge < -0.3 is 0 Å². The van der Waals surface area contributed by atoms with Crippen LogP contribution in [0.1, 0.15) is 17.1 Å². The molecule has 0 aliphatic carbocycles. The van der Waals surface area contributed by atoms with Gasteiger partial charge in [-0.2, -0.15) is 13.2 Å². The van der Waals surface area contributed by atoms with Crippen molar-refractivity contribution in [2.45, 2.75) is 12.6 Å².